The molecule has 0 saturated carbocycles. The van der Waals surface area contributed by atoms with E-state index in [0.717, 1.165) is 46.0 Å². The zero-order valence-electron chi connectivity index (χ0n) is 13.9. The van der Waals surface area contributed by atoms with Crippen molar-refractivity contribution in [3.8, 4) is 11.5 Å². The van der Waals surface area contributed by atoms with Crippen molar-refractivity contribution in [2.24, 2.45) is 0 Å². The molecule has 0 unspecified atom stereocenters. The van der Waals surface area contributed by atoms with E-state index in [0.29, 0.717) is 19.8 Å². The molecular formula is C20H19NO3S. The van der Waals surface area contributed by atoms with Crippen LogP contribution in [-0.2, 0) is 11.2 Å². The standard InChI is InChI=1S/C20H19NO3S/c1-14-17-13-19-18(23-9-3-10-24-19)12-15(17)7-8-21(14)20(22)6-5-16-4-2-11-25-16/h2,4-6,11-13H,1,3,7-10H2/b6-5+. The number of hydrogen-bond acceptors (Lipinski definition) is 4. The smallest absolute Gasteiger partial charge is 0.251 e. The molecule has 0 radical (unpaired) electrons. The van der Waals surface area contributed by atoms with E-state index in [9.17, 15) is 4.79 Å². The highest BCUT2D eigenvalue weighted by atomic mass is 32.1. The minimum Gasteiger partial charge on any atom is -0.490 e. The van der Waals surface area contributed by atoms with Gasteiger partial charge in [0.15, 0.2) is 11.5 Å². The number of hydrogen-bond donors (Lipinski definition) is 0. The van der Waals surface area contributed by atoms with Gasteiger partial charge in [0.1, 0.15) is 0 Å². The summed E-state index contributed by atoms with van der Waals surface area (Å²) in [4.78, 5) is 15.4. The number of rotatable bonds is 2. The second kappa shape index (κ2) is 6.76. The van der Waals surface area contributed by atoms with Gasteiger partial charge in [-0.25, -0.2) is 0 Å². The predicted octanol–water partition coefficient (Wildman–Crippen LogP) is 3.98. The van der Waals surface area contributed by atoms with E-state index in [4.69, 9.17) is 9.47 Å². The number of nitrogens with zero attached hydrogens (tertiary/aromatic N) is 1. The van der Waals surface area contributed by atoms with E-state index in [1.165, 1.54) is 0 Å². The molecular weight excluding hydrogens is 334 g/mol. The van der Waals surface area contributed by atoms with Gasteiger partial charge in [0.2, 0.25) is 0 Å². The summed E-state index contributed by atoms with van der Waals surface area (Å²) in [6.45, 7) is 6.09. The van der Waals surface area contributed by atoms with Gasteiger partial charge in [-0.15, -0.1) is 11.3 Å². The number of fused-ring (bicyclic) bond motifs is 2. The second-order valence-corrected chi connectivity index (χ2v) is 7.02. The molecule has 0 atom stereocenters. The Bertz CT molecular complexity index is 839. The molecule has 0 aliphatic carbocycles. The van der Waals surface area contributed by atoms with Crippen molar-refractivity contribution in [2.45, 2.75) is 12.8 Å². The highest BCUT2D eigenvalue weighted by Gasteiger charge is 2.26. The lowest BCUT2D eigenvalue weighted by Gasteiger charge is -2.30. The fourth-order valence-electron chi connectivity index (χ4n) is 3.11. The molecule has 4 nitrogen and oxygen atoms in total. The Labute approximate surface area is 151 Å². The van der Waals surface area contributed by atoms with Crippen molar-refractivity contribution in [3.05, 3.63) is 58.3 Å². The summed E-state index contributed by atoms with van der Waals surface area (Å²) in [5, 5.41) is 1.99. The largest absolute Gasteiger partial charge is 0.490 e. The predicted molar refractivity (Wildman–Crippen MR) is 99.9 cm³/mol. The van der Waals surface area contributed by atoms with Crippen LogP contribution >= 0.6 is 11.3 Å². The number of ether oxygens (including phenoxy) is 2. The van der Waals surface area contributed by atoms with Crippen molar-refractivity contribution in [2.75, 3.05) is 19.8 Å². The van der Waals surface area contributed by atoms with E-state index in [1.54, 1.807) is 22.3 Å². The van der Waals surface area contributed by atoms with Crippen molar-refractivity contribution in [1.29, 1.82) is 0 Å². The number of carbonyl (C=O) groups excluding carboxylic acids is 1. The van der Waals surface area contributed by atoms with Crippen LogP contribution in [0.5, 0.6) is 11.5 Å². The van der Waals surface area contributed by atoms with Crippen LogP contribution in [0.3, 0.4) is 0 Å². The normalized spacial score (nSPS) is 16.6. The molecule has 2 aliphatic rings. The van der Waals surface area contributed by atoms with Gasteiger partial charge >= 0.3 is 0 Å². The van der Waals surface area contributed by atoms with Gasteiger partial charge in [-0.2, -0.15) is 0 Å². The summed E-state index contributed by atoms with van der Waals surface area (Å²) in [5.74, 6) is 1.48. The van der Waals surface area contributed by atoms with Crippen LogP contribution < -0.4 is 9.47 Å². The van der Waals surface area contributed by atoms with Crippen molar-refractivity contribution in [3.63, 3.8) is 0 Å². The van der Waals surface area contributed by atoms with Gasteiger partial charge in [-0.1, -0.05) is 12.6 Å². The summed E-state index contributed by atoms with van der Waals surface area (Å²) in [6.07, 6.45) is 5.12. The molecule has 1 aromatic heterocycles. The van der Waals surface area contributed by atoms with Crippen LogP contribution in [0.2, 0.25) is 0 Å². The average molecular weight is 353 g/mol. The van der Waals surface area contributed by atoms with E-state index in [2.05, 4.69) is 6.58 Å². The first-order valence-electron chi connectivity index (χ1n) is 8.37. The van der Waals surface area contributed by atoms with Crippen LogP contribution in [0.1, 0.15) is 22.4 Å². The SMILES string of the molecule is C=C1c2cc3c(cc2CCN1C(=O)/C=C/c1cccs1)OCCCO3. The first-order chi connectivity index (χ1) is 12.2. The molecule has 4 rings (SSSR count). The highest BCUT2D eigenvalue weighted by Crippen LogP contribution is 2.38. The van der Waals surface area contributed by atoms with Crippen LogP contribution in [0.15, 0.2) is 42.3 Å². The lowest BCUT2D eigenvalue weighted by atomic mass is 9.96. The Balaban J connectivity index is 1.58. The van der Waals surface area contributed by atoms with Crippen molar-refractivity contribution >= 4 is 29.0 Å². The monoisotopic (exact) mass is 353 g/mol. The first kappa shape index (κ1) is 16.0. The molecule has 1 amide bonds. The van der Waals surface area contributed by atoms with Gasteiger partial charge in [0.05, 0.1) is 13.2 Å². The van der Waals surface area contributed by atoms with Gasteiger partial charge in [-0.05, 0) is 41.6 Å². The second-order valence-electron chi connectivity index (χ2n) is 6.04. The summed E-state index contributed by atoms with van der Waals surface area (Å²) >= 11 is 1.61. The minimum absolute atomic E-state index is 0.0452. The molecule has 3 heterocycles. The molecule has 0 bridgehead atoms. The molecule has 5 heteroatoms. The quantitative estimate of drug-likeness (QED) is 0.767. The average Bonchev–Trinajstić information content (AvgIpc) is 3.03. The Morgan fingerprint density at radius 3 is 2.80 bits per heavy atom. The van der Waals surface area contributed by atoms with Crippen molar-refractivity contribution in [1.82, 2.24) is 4.90 Å². The van der Waals surface area contributed by atoms with Gasteiger partial charge in [0, 0.05) is 35.2 Å². The van der Waals surface area contributed by atoms with Gasteiger partial charge in [0.25, 0.3) is 5.91 Å². The van der Waals surface area contributed by atoms with Gasteiger partial charge in [-0.3, -0.25) is 4.79 Å². The first-order valence-corrected chi connectivity index (χ1v) is 9.25. The summed E-state index contributed by atoms with van der Waals surface area (Å²) in [6, 6.07) is 7.95. The van der Waals surface area contributed by atoms with Crippen molar-refractivity contribution < 1.29 is 14.3 Å². The molecule has 0 spiro atoms. The van der Waals surface area contributed by atoms with E-state index in [1.807, 2.05) is 35.7 Å². The topological polar surface area (TPSA) is 38.8 Å². The lowest BCUT2D eigenvalue weighted by Crippen LogP contribution is -2.33. The highest BCUT2D eigenvalue weighted by molar-refractivity contribution is 7.10. The molecule has 1 aromatic carbocycles. The zero-order chi connectivity index (χ0) is 17.2. The maximum atomic E-state index is 12.6. The maximum absolute atomic E-state index is 12.6. The van der Waals surface area contributed by atoms with Gasteiger partial charge < -0.3 is 14.4 Å². The number of amides is 1. The number of benzene rings is 1. The molecule has 2 aliphatic heterocycles. The van der Waals surface area contributed by atoms with E-state index < -0.39 is 0 Å². The summed E-state index contributed by atoms with van der Waals surface area (Å²) < 4.78 is 11.5. The third kappa shape index (κ3) is 3.20. The minimum atomic E-state index is -0.0452. The van der Waals surface area contributed by atoms with Crippen LogP contribution in [-0.4, -0.2) is 30.6 Å². The van der Waals surface area contributed by atoms with E-state index in [-0.39, 0.29) is 5.91 Å². The molecule has 0 N–H and O–H groups in total. The molecule has 2 aromatic rings. The third-order valence-corrected chi connectivity index (χ3v) is 5.25. The van der Waals surface area contributed by atoms with E-state index >= 15 is 0 Å². The fourth-order valence-corrected chi connectivity index (χ4v) is 3.73. The molecule has 0 fully saturated rings. The fraction of sp³-hybridized carbons (Fsp3) is 0.250. The van der Waals surface area contributed by atoms with Crippen LogP contribution in [0.25, 0.3) is 11.8 Å². The van der Waals surface area contributed by atoms with Crippen LogP contribution in [0, 0.1) is 0 Å². The molecule has 128 valence electrons. The molecule has 25 heavy (non-hydrogen) atoms. The number of carbonyl (C=O) groups is 1. The summed E-state index contributed by atoms with van der Waals surface area (Å²) in [7, 11) is 0. The molecule has 0 saturated heterocycles. The zero-order valence-corrected chi connectivity index (χ0v) is 14.7. The number of thiophene rings is 1. The lowest BCUT2D eigenvalue weighted by molar-refractivity contribution is -0.123. The van der Waals surface area contributed by atoms with Crippen LogP contribution in [0.4, 0.5) is 0 Å². The Hall–Kier alpha value is -2.53. The Kier molecular flexibility index (Phi) is 4.32. The Morgan fingerprint density at radius 1 is 1.24 bits per heavy atom. The summed E-state index contributed by atoms with van der Waals surface area (Å²) in [5.41, 5.74) is 2.84. The maximum Gasteiger partial charge on any atom is 0.251 e. The third-order valence-electron chi connectivity index (χ3n) is 4.41. The Morgan fingerprint density at radius 2 is 2.04 bits per heavy atom.